The van der Waals surface area contributed by atoms with Gasteiger partial charge in [0.25, 0.3) is 11.8 Å². The minimum atomic E-state index is -0.307. The van der Waals surface area contributed by atoms with E-state index >= 15 is 0 Å². The van der Waals surface area contributed by atoms with Crippen molar-refractivity contribution in [2.24, 2.45) is 0 Å². The number of rotatable bonds is 7. The highest BCUT2D eigenvalue weighted by Crippen LogP contribution is 2.22. The lowest BCUT2D eigenvalue weighted by molar-refractivity contribution is -0.130. The molecular formula is C22H20N4O3S. The summed E-state index contributed by atoms with van der Waals surface area (Å²) in [4.78, 5) is 30.9. The maximum Gasteiger partial charge on any atom is 0.259 e. The normalized spacial score (nSPS) is 10.2. The quantitative estimate of drug-likeness (QED) is 0.633. The van der Waals surface area contributed by atoms with E-state index < -0.39 is 0 Å². The number of hydrogen-bond donors (Lipinski definition) is 1. The van der Waals surface area contributed by atoms with Crippen LogP contribution >= 0.6 is 11.3 Å². The lowest BCUT2D eigenvalue weighted by atomic mass is 10.1. The van der Waals surface area contributed by atoms with E-state index in [1.807, 2.05) is 12.1 Å². The van der Waals surface area contributed by atoms with Gasteiger partial charge in [0.05, 0.1) is 11.6 Å². The smallest absolute Gasteiger partial charge is 0.259 e. The van der Waals surface area contributed by atoms with Crippen LogP contribution in [-0.2, 0) is 11.2 Å². The number of carbonyl (C=O) groups is 2. The molecule has 7 nitrogen and oxygen atoms in total. The van der Waals surface area contributed by atoms with E-state index in [0.717, 1.165) is 10.4 Å². The van der Waals surface area contributed by atoms with Crippen molar-refractivity contribution in [3.05, 3.63) is 76.3 Å². The standard InChI is InChI=1S/C22H20N4O3S/c1-26(2)20(27)14-29-18-5-3-4-17(11-18)21(28)25-22-24-13-19(30-22)10-15-6-8-16(12-23)9-7-15/h3-9,11,13H,10,14H2,1-2H3,(H,24,25,28). The molecule has 152 valence electrons. The van der Waals surface area contributed by atoms with Crippen LogP contribution in [0.5, 0.6) is 5.75 Å². The van der Waals surface area contributed by atoms with Crippen LogP contribution < -0.4 is 10.1 Å². The van der Waals surface area contributed by atoms with E-state index in [4.69, 9.17) is 10.00 Å². The molecule has 0 saturated carbocycles. The van der Waals surface area contributed by atoms with Crippen LogP contribution in [0.3, 0.4) is 0 Å². The maximum atomic E-state index is 12.5. The van der Waals surface area contributed by atoms with Gasteiger partial charge in [-0.25, -0.2) is 4.98 Å². The molecule has 0 aliphatic carbocycles. The molecule has 3 rings (SSSR count). The second kappa shape index (κ2) is 9.67. The van der Waals surface area contributed by atoms with Crippen molar-refractivity contribution in [1.82, 2.24) is 9.88 Å². The van der Waals surface area contributed by atoms with Crippen molar-refractivity contribution in [1.29, 1.82) is 5.26 Å². The predicted octanol–water partition coefficient (Wildman–Crippen LogP) is 3.32. The number of benzene rings is 2. The van der Waals surface area contributed by atoms with Crippen LogP contribution in [0, 0.1) is 11.3 Å². The van der Waals surface area contributed by atoms with Crippen LogP contribution in [0.15, 0.2) is 54.7 Å². The van der Waals surface area contributed by atoms with Crippen LogP contribution in [0.4, 0.5) is 5.13 Å². The van der Waals surface area contributed by atoms with Crippen LogP contribution in [0.2, 0.25) is 0 Å². The third kappa shape index (κ3) is 5.65. The van der Waals surface area contributed by atoms with E-state index in [1.165, 1.54) is 16.2 Å². The van der Waals surface area contributed by atoms with Gasteiger partial charge in [-0.2, -0.15) is 5.26 Å². The number of likely N-dealkylation sites (N-methyl/N-ethyl adjacent to an activating group) is 1. The molecule has 0 bridgehead atoms. The van der Waals surface area contributed by atoms with Gasteiger partial charge in [-0.3, -0.25) is 14.9 Å². The molecule has 0 saturated heterocycles. The Kier molecular flexibility index (Phi) is 6.78. The van der Waals surface area contributed by atoms with Crippen molar-refractivity contribution in [2.75, 3.05) is 26.0 Å². The Balaban J connectivity index is 1.60. The van der Waals surface area contributed by atoms with Gasteiger partial charge in [-0.1, -0.05) is 18.2 Å². The third-order valence-corrected chi connectivity index (χ3v) is 5.11. The molecule has 30 heavy (non-hydrogen) atoms. The highest BCUT2D eigenvalue weighted by molar-refractivity contribution is 7.15. The Morgan fingerprint density at radius 3 is 2.67 bits per heavy atom. The summed E-state index contributed by atoms with van der Waals surface area (Å²) < 4.78 is 5.45. The topological polar surface area (TPSA) is 95.3 Å². The second-order valence-electron chi connectivity index (χ2n) is 6.68. The third-order valence-electron chi connectivity index (χ3n) is 4.19. The number of nitriles is 1. The SMILES string of the molecule is CN(C)C(=O)COc1cccc(C(=O)Nc2ncc(Cc3ccc(C#N)cc3)s2)c1. The van der Waals surface area contributed by atoms with Gasteiger partial charge in [-0.15, -0.1) is 11.3 Å². The Bertz CT molecular complexity index is 1080. The molecule has 0 aliphatic rings. The minimum absolute atomic E-state index is 0.0940. The molecule has 0 unspecified atom stereocenters. The van der Waals surface area contributed by atoms with E-state index in [-0.39, 0.29) is 18.4 Å². The number of anilines is 1. The molecule has 1 heterocycles. The first-order valence-electron chi connectivity index (χ1n) is 9.12. The number of nitrogens with one attached hydrogen (secondary N) is 1. The molecule has 1 aromatic heterocycles. The molecule has 0 atom stereocenters. The van der Waals surface area contributed by atoms with Gasteiger partial charge in [0.15, 0.2) is 11.7 Å². The molecule has 8 heteroatoms. The zero-order valence-corrected chi connectivity index (χ0v) is 17.4. The first-order chi connectivity index (χ1) is 14.4. The van der Waals surface area contributed by atoms with E-state index in [0.29, 0.717) is 28.4 Å². The summed E-state index contributed by atoms with van der Waals surface area (Å²) in [7, 11) is 3.30. The number of thiazole rings is 1. The molecule has 0 aliphatic heterocycles. The molecule has 0 spiro atoms. The van der Waals surface area contributed by atoms with Crippen LogP contribution in [0.1, 0.15) is 26.4 Å². The summed E-state index contributed by atoms with van der Waals surface area (Å²) in [6.07, 6.45) is 2.40. The summed E-state index contributed by atoms with van der Waals surface area (Å²) in [5, 5.41) is 12.2. The summed E-state index contributed by atoms with van der Waals surface area (Å²) in [5.74, 6) is -0.0282. The Hall–Kier alpha value is -3.70. The largest absolute Gasteiger partial charge is 0.484 e. The molecule has 2 aromatic carbocycles. The number of nitrogens with zero attached hydrogens (tertiary/aromatic N) is 3. The van der Waals surface area contributed by atoms with Crippen molar-refractivity contribution >= 4 is 28.3 Å². The van der Waals surface area contributed by atoms with Crippen molar-refractivity contribution in [2.45, 2.75) is 6.42 Å². The van der Waals surface area contributed by atoms with Crippen LogP contribution in [0.25, 0.3) is 0 Å². The Morgan fingerprint density at radius 1 is 1.20 bits per heavy atom. The molecule has 1 N–H and O–H groups in total. The number of hydrogen-bond acceptors (Lipinski definition) is 6. The zero-order valence-electron chi connectivity index (χ0n) is 16.6. The summed E-state index contributed by atoms with van der Waals surface area (Å²) in [6, 6.07) is 16.1. The molecule has 0 fully saturated rings. The average Bonchev–Trinajstić information content (AvgIpc) is 3.19. The highest BCUT2D eigenvalue weighted by Gasteiger charge is 2.12. The first-order valence-corrected chi connectivity index (χ1v) is 9.94. The Morgan fingerprint density at radius 2 is 1.97 bits per heavy atom. The molecule has 0 radical (unpaired) electrons. The monoisotopic (exact) mass is 420 g/mol. The van der Waals surface area contributed by atoms with Crippen molar-refractivity contribution in [3.8, 4) is 11.8 Å². The van der Waals surface area contributed by atoms with Gasteiger partial charge < -0.3 is 9.64 Å². The Labute approximate surface area is 178 Å². The highest BCUT2D eigenvalue weighted by atomic mass is 32.1. The van der Waals surface area contributed by atoms with E-state index in [9.17, 15) is 9.59 Å². The zero-order chi connectivity index (χ0) is 21.5. The second-order valence-corrected chi connectivity index (χ2v) is 7.79. The summed E-state index contributed by atoms with van der Waals surface area (Å²) in [6.45, 7) is -0.0940. The van der Waals surface area contributed by atoms with Gasteiger partial charge >= 0.3 is 0 Å². The summed E-state index contributed by atoms with van der Waals surface area (Å²) >= 11 is 1.39. The van der Waals surface area contributed by atoms with E-state index in [2.05, 4.69) is 16.4 Å². The van der Waals surface area contributed by atoms with Gasteiger partial charge in [0.1, 0.15) is 5.75 Å². The lowest BCUT2D eigenvalue weighted by Gasteiger charge is -2.11. The van der Waals surface area contributed by atoms with Gasteiger partial charge in [0, 0.05) is 37.2 Å². The lowest BCUT2D eigenvalue weighted by Crippen LogP contribution is -2.27. The molecular weight excluding hydrogens is 400 g/mol. The van der Waals surface area contributed by atoms with Gasteiger partial charge in [-0.05, 0) is 35.9 Å². The van der Waals surface area contributed by atoms with Crippen LogP contribution in [-0.4, -0.2) is 42.4 Å². The van der Waals surface area contributed by atoms with Gasteiger partial charge in [0.2, 0.25) is 0 Å². The number of amides is 2. The van der Waals surface area contributed by atoms with Crippen molar-refractivity contribution < 1.29 is 14.3 Å². The number of aromatic nitrogens is 1. The first kappa shape index (κ1) is 21.0. The van der Waals surface area contributed by atoms with E-state index in [1.54, 1.807) is 56.7 Å². The van der Waals surface area contributed by atoms with Crippen molar-refractivity contribution in [3.63, 3.8) is 0 Å². The fourth-order valence-electron chi connectivity index (χ4n) is 2.52. The fourth-order valence-corrected chi connectivity index (χ4v) is 3.36. The maximum absolute atomic E-state index is 12.5. The molecule has 2 amide bonds. The summed E-state index contributed by atoms with van der Waals surface area (Å²) in [5.41, 5.74) is 2.09. The fraction of sp³-hybridized carbons (Fsp3) is 0.182. The molecule has 3 aromatic rings. The number of ether oxygens (including phenoxy) is 1. The average molecular weight is 420 g/mol. The number of carbonyl (C=O) groups excluding carboxylic acids is 2. The predicted molar refractivity (Wildman–Crippen MR) is 115 cm³/mol. The minimum Gasteiger partial charge on any atom is -0.484 e.